The Bertz CT molecular complexity index is 554. The number of rotatable bonds is 2. The minimum Gasteiger partial charge on any atom is -0.462 e. The second-order valence-corrected chi connectivity index (χ2v) is 3.69. The highest BCUT2D eigenvalue weighted by atomic mass is 35.5. The van der Waals surface area contributed by atoms with E-state index in [-0.39, 0.29) is 28.1 Å². The summed E-state index contributed by atoms with van der Waals surface area (Å²) < 4.78 is 6.17. The molecule has 0 saturated carbocycles. The van der Waals surface area contributed by atoms with Gasteiger partial charge in [-0.3, -0.25) is 0 Å². The molecule has 0 aliphatic carbocycles. The topological polar surface area (TPSA) is 56.5 Å². The number of nitrogens with zero attached hydrogens (tertiary/aromatic N) is 3. The van der Waals surface area contributed by atoms with Crippen LogP contribution in [0.2, 0.25) is 10.3 Å². The van der Waals surface area contributed by atoms with Crippen LogP contribution in [-0.4, -0.2) is 27.2 Å². The van der Waals surface area contributed by atoms with Crippen LogP contribution in [0.15, 0.2) is 12.3 Å². The third kappa shape index (κ3) is 2.91. The van der Waals surface area contributed by atoms with Crippen LogP contribution in [0.3, 0.4) is 0 Å². The Kier molecular flexibility index (Phi) is 5.37. The smallest absolute Gasteiger partial charge is 0.343 e. The minimum atomic E-state index is -0.497. The van der Waals surface area contributed by atoms with Crippen LogP contribution < -0.4 is 0 Å². The van der Waals surface area contributed by atoms with Gasteiger partial charge >= 0.3 is 5.97 Å². The van der Waals surface area contributed by atoms with Crippen LogP contribution in [0.25, 0.3) is 5.65 Å². The van der Waals surface area contributed by atoms with E-state index in [1.165, 1.54) is 16.8 Å². The average molecular weight is 290 g/mol. The molecule has 2 aromatic heterocycles. The molecule has 0 amide bonds. The van der Waals surface area contributed by atoms with E-state index in [2.05, 4.69) is 10.1 Å². The Morgan fingerprint density at radius 1 is 1.44 bits per heavy atom. The molecule has 0 bridgehead atoms. The zero-order valence-corrected chi connectivity index (χ0v) is 11.8. The van der Waals surface area contributed by atoms with E-state index in [9.17, 15) is 4.79 Å². The third-order valence-electron chi connectivity index (χ3n) is 1.89. The lowest BCUT2D eigenvalue weighted by Crippen LogP contribution is -2.05. The summed E-state index contributed by atoms with van der Waals surface area (Å²) in [5, 5.41) is 4.41. The Morgan fingerprint density at radius 3 is 2.72 bits per heavy atom. The third-order valence-corrected chi connectivity index (χ3v) is 2.36. The van der Waals surface area contributed by atoms with Crippen LogP contribution >= 0.6 is 23.2 Å². The number of hydrogen-bond donors (Lipinski definition) is 0. The summed E-state index contributed by atoms with van der Waals surface area (Å²) in [4.78, 5) is 15.5. The maximum absolute atomic E-state index is 11.5. The molecule has 0 saturated heterocycles. The van der Waals surface area contributed by atoms with Gasteiger partial charge in [0.25, 0.3) is 0 Å². The summed E-state index contributed by atoms with van der Waals surface area (Å²) in [5.74, 6) is -0.497. The molecule has 2 heterocycles. The minimum absolute atomic E-state index is 0.198. The van der Waals surface area contributed by atoms with Crippen LogP contribution in [0.5, 0.6) is 0 Å². The maximum atomic E-state index is 11.5. The molecule has 0 radical (unpaired) electrons. The molecule has 0 N–H and O–H groups in total. The highest BCUT2D eigenvalue weighted by Gasteiger charge is 2.16. The lowest BCUT2D eigenvalue weighted by molar-refractivity contribution is 0.0528. The van der Waals surface area contributed by atoms with Crippen molar-refractivity contribution in [2.24, 2.45) is 0 Å². The first-order valence-electron chi connectivity index (χ1n) is 5.50. The first-order chi connectivity index (χ1) is 8.63. The van der Waals surface area contributed by atoms with Crippen molar-refractivity contribution in [3.8, 4) is 0 Å². The van der Waals surface area contributed by atoms with Gasteiger partial charge in [0.2, 0.25) is 0 Å². The predicted molar refractivity (Wildman–Crippen MR) is 70.3 cm³/mol. The number of carbonyl (C=O) groups excluding carboxylic acids is 1. The van der Waals surface area contributed by atoms with Gasteiger partial charge in [-0.05, 0) is 6.92 Å². The summed E-state index contributed by atoms with van der Waals surface area (Å²) in [6, 6.07) is 1.44. The molecule has 0 fully saturated rings. The van der Waals surface area contributed by atoms with Crippen LogP contribution in [0.1, 0.15) is 31.1 Å². The van der Waals surface area contributed by atoms with Gasteiger partial charge in [-0.1, -0.05) is 37.0 Å². The van der Waals surface area contributed by atoms with Gasteiger partial charge in [-0.15, -0.1) is 0 Å². The zero-order chi connectivity index (χ0) is 13.7. The van der Waals surface area contributed by atoms with E-state index in [1.807, 2.05) is 13.8 Å². The maximum Gasteiger partial charge on any atom is 0.343 e. The van der Waals surface area contributed by atoms with Gasteiger partial charge in [0.1, 0.15) is 15.9 Å². The van der Waals surface area contributed by atoms with Crippen LogP contribution in [-0.2, 0) is 4.74 Å². The van der Waals surface area contributed by atoms with Crippen molar-refractivity contribution >= 4 is 34.8 Å². The van der Waals surface area contributed by atoms with Gasteiger partial charge < -0.3 is 4.74 Å². The van der Waals surface area contributed by atoms with E-state index >= 15 is 0 Å². The number of esters is 1. The average Bonchev–Trinajstić information content (AvgIpc) is 2.76. The highest BCUT2D eigenvalue weighted by Crippen LogP contribution is 2.19. The molecule has 18 heavy (non-hydrogen) atoms. The number of hydrogen-bond acceptors (Lipinski definition) is 4. The van der Waals surface area contributed by atoms with Gasteiger partial charge in [-0.2, -0.15) is 5.10 Å². The lowest BCUT2D eigenvalue weighted by Gasteiger charge is -2.00. The molecule has 0 aliphatic heterocycles. The molecule has 0 unspecified atom stereocenters. The lowest BCUT2D eigenvalue weighted by atomic mass is 10.3. The Morgan fingerprint density at radius 2 is 2.11 bits per heavy atom. The fourth-order valence-electron chi connectivity index (χ4n) is 1.25. The largest absolute Gasteiger partial charge is 0.462 e. The van der Waals surface area contributed by atoms with Crippen molar-refractivity contribution in [3.63, 3.8) is 0 Å². The molecule has 2 aromatic rings. The quantitative estimate of drug-likeness (QED) is 0.629. The summed E-state index contributed by atoms with van der Waals surface area (Å²) >= 11 is 11.6. The molecule has 5 nitrogen and oxygen atoms in total. The van der Waals surface area contributed by atoms with E-state index in [0.717, 1.165) is 0 Å². The SMILES string of the molecule is CC.CCOC(=O)c1cnn2c(Cl)cc(Cl)nc12. The molecule has 0 spiro atoms. The van der Waals surface area contributed by atoms with E-state index < -0.39 is 5.97 Å². The predicted octanol–water partition coefficient (Wildman–Crippen LogP) is 3.24. The first kappa shape index (κ1) is 14.7. The zero-order valence-electron chi connectivity index (χ0n) is 10.3. The van der Waals surface area contributed by atoms with Crippen molar-refractivity contribution in [1.29, 1.82) is 0 Å². The van der Waals surface area contributed by atoms with Crippen molar-refractivity contribution in [3.05, 3.63) is 28.1 Å². The Hall–Kier alpha value is -1.33. The summed E-state index contributed by atoms with van der Waals surface area (Å²) in [6.45, 7) is 6.00. The molecular formula is C11H13Cl2N3O2. The monoisotopic (exact) mass is 289 g/mol. The van der Waals surface area contributed by atoms with Crippen LogP contribution in [0, 0.1) is 0 Å². The summed E-state index contributed by atoms with van der Waals surface area (Å²) in [7, 11) is 0. The van der Waals surface area contributed by atoms with E-state index in [4.69, 9.17) is 27.9 Å². The number of carbonyl (C=O) groups is 1. The van der Waals surface area contributed by atoms with E-state index in [1.54, 1.807) is 6.92 Å². The van der Waals surface area contributed by atoms with Crippen molar-refractivity contribution in [2.45, 2.75) is 20.8 Å². The molecule has 98 valence electrons. The molecule has 7 heteroatoms. The second-order valence-electron chi connectivity index (χ2n) is 2.92. The second kappa shape index (κ2) is 6.56. The summed E-state index contributed by atoms with van der Waals surface area (Å²) in [5.41, 5.74) is 0.530. The van der Waals surface area contributed by atoms with Crippen LogP contribution in [0.4, 0.5) is 0 Å². The first-order valence-corrected chi connectivity index (χ1v) is 6.26. The van der Waals surface area contributed by atoms with Crippen molar-refractivity contribution in [1.82, 2.24) is 14.6 Å². The molecule has 0 aromatic carbocycles. The normalized spacial score (nSPS) is 9.83. The fourth-order valence-corrected chi connectivity index (χ4v) is 1.72. The van der Waals surface area contributed by atoms with Gasteiger partial charge in [0.05, 0.1) is 12.8 Å². The summed E-state index contributed by atoms with van der Waals surface area (Å²) in [6.07, 6.45) is 1.35. The number of aromatic nitrogens is 3. The Labute approximate surface area is 115 Å². The van der Waals surface area contributed by atoms with Gasteiger partial charge in [-0.25, -0.2) is 14.3 Å². The highest BCUT2D eigenvalue weighted by molar-refractivity contribution is 6.33. The fraction of sp³-hybridized carbons (Fsp3) is 0.364. The number of fused-ring (bicyclic) bond motifs is 1. The Balaban J connectivity index is 0.000000771. The molecule has 0 atom stereocenters. The van der Waals surface area contributed by atoms with Crippen molar-refractivity contribution < 1.29 is 9.53 Å². The standard InChI is InChI=1S/C9H7Cl2N3O2.C2H6/c1-2-16-9(15)5-4-12-14-7(11)3-6(10)13-8(5)14;1-2/h3-4H,2H2,1H3;1-2H3. The number of ether oxygens (including phenoxy) is 1. The van der Waals surface area contributed by atoms with Gasteiger partial charge in [0.15, 0.2) is 5.65 Å². The molecular weight excluding hydrogens is 277 g/mol. The van der Waals surface area contributed by atoms with E-state index in [0.29, 0.717) is 0 Å². The molecule has 0 aliphatic rings. The van der Waals surface area contributed by atoms with Gasteiger partial charge in [0, 0.05) is 6.07 Å². The molecule has 2 rings (SSSR count). The number of halogens is 2. The van der Waals surface area contributed by atoms with Crippen molar-refractivity contribution in [2.75, 3.05) is 6.61 Å².